The molecule has 2 heterocycles. The van der Waals surface area contributed by atoms with E-state index in [1.54, 1.807) is 6.33 Å². The van der Waals surface area contributed by atoms with E-state index < -0.39 is 29.9 Å². The van der Waals surface area contributed by atoms with Crippen molar-refractivity contribution in [1.29, 1.82) is 0 Å². The number of amides is 1. The predicted molar refractivity (Wildman–Crippen MR) is 69.4 cm³/mol. The number of hydrogen-bond acceptors (Lipinski definition) is 5. The van der Waals surface area contributed by atoms with Crippen molar-refractivity contribution in [3.05, 3.63) is 17.7 Å². The van der Waals surface area contributed by atoms with Gasteiger partial charge >= 0.3 is 11.9 Å². The molecular formula is C12H16N4O5. The summed E-state index contributed by atoms with van der Waals surface area (Å²) >= 11 is 0. The van der Waals surface area contributed by atoms with Gasteiger partial charge in [0, 0.05) is 19.4 Å². The van der Waals surface area contributed by atoms with Crippen molar-refractivity contribution in [2.75, 3.05) is 0 Å². The van der Waals surface area contributed by atoms with Gasteiger partial charge in [-0.05, 0) is 6.42 Å². The van der Waals surface area contributed by atoms with E-state index in [2.05, 4.69) is 20.6 Å². The Kier molecular flexibility index (Phi) is 4.53. The van der Waals surface area contributed by atoms with Gasteiger partial charge in [-0.1, -0.05) is 0 Å². The summed E-state index contributed by atoms with van der Waals surface area (Å²) in [4.78, 5) is 40.6. The van der Waals surface area contributed by atoms with E-state index in [4.69, 9.17) is 10.2 Å². The van der Waals surface area contributed by atoms with Gasteiger partial charge in [0.25, 0.3) is 0 Å². The maximum atomic E-state index is 12.1. The van der Waals surface area contributed by atoms with Gasteiger partial charge in [0.05, 0.1) is 23.8 Å². The zero-order valence-electron chi connectivity index (χ0n) is 11.1. The predicted octanol–water partition coefficient (Wildman–Crippen LogP) is -1.14. The van der Waals surface area contributed by atoms with Gasteiger partial charge in [0.15, 0.2) is 0 Å². The first kappa shape index (κ1) is 15.0. The Labute approximate surface area is 119 Å². The van der Waals surface area contributed by atoms with E-state index in [-0.39, 0.29) is 12.8 Å². The highest BCUT2D eigenvalue weighted by Crippen LogP contribution is 2.12. The van der Waals surface area contributed by atoms with E-state index in [0.29, 0.717) is 13.0 Å². The second kappa shape index (κ2) is 6.35. The molecule has 0 fully saturated rings. The number of nitrogens with one attached hydrogen (secondary N) is 3. The zero-order valence-corrected chi connectivity index (χ0v) is 11.1. The number of aromatic nitrogens is 2. The van der Waals surface area contributed by atoms with Crippen LogP contribution in [0.2, 0.25) is 0 Å². The van der Waals surface area contributed by atoms with E-state index >= 15 is 0 Å². The molecule has 5 N–H and O–H groups in total. The Morgan fingerprint density at radius 2 is 2.19 bits per heavy atom. The van der Waals surface area contributed by atoms with Gasteiger partial charge in [-0.2, -0.15) is 0 Å². The van der Waals surface area contributed by atoms with Crippen LogP contribution in [0.5, 0.6) is 0 Å². The molecule has 1 aromatic heterocycles. The first-order valence-corrected chi connectivity index (χ1v) is 6.47. The first-order valence-electron chi connectivity index (χ1n) is 6.47. The van der Waals surface area contributed by atoms with Crippen LogP contribution >= 0.6 is 0 Å². The quantitative estimate of drug-likeness (QED) is 0.446. The Bertz CT molecular complexity index is 556. The largest absolute Gasteiger partial charge is 0.481 e. The number of hydrogen-bond donors (Lipinski definition) is 5. The van der Waals surface area contributed by atoms with Crippen LogP contribution in [-0.2, 0) is 27.3 Å². The van der Waals surface area contributed by atoms with Gasteiger partial charge in [-0.15, -0.1) is 0 Å². The van der Waals surface area contributed by atoms with Crippen LogP contribution in [0.15, 0.2) is 6.33 Å². The summed E-state index contributed by atoms with van der Waals surface area (Å²) in [6.45, 7) is 0.445. The number of aromatic amines is 1. The maximum absolute atomic E-state index is 12.1. The topological polar surface area (TPSA) is 144 Å². The van der Waals surface area contributed by atoms with Gasteiger partial charge in [-0.3, -0.25) is 14.9 Å². The van der Waals surface area contributed by atoms with Gasteiger partial charge < -0.3 is 20.5 Å². The normalized spacial score (nSPS) is 18.6. The number of fused-ring (bicyclic) bond motifs is 1. The fourth-order valence-electron chi connectivity index (χ4n) is 2.15. The highest BCUT2D eigenvalue weighted by Gasteiger charge is 2.29. The summed E-state index contributed by atoms with van der Waals surface area (Å²) in [6, 6.07) is -1.79. The Morgan fingerprint density at radius 1 is 1.43 bits per heavy atom. The Balaban J connectivity index is 1.93. The van der Waals surface area contributed by atoms with Crippen LogP contribution in [0.25, 0.3) is 0 Å². The minimum Gasteiger partial charge on any atom is -0.481 e. The lowest BCUT2D eigenvalue weighted by molar-refractivity contribution is -0.143. The smallest absolute Gasteiger partial charge is 0.326 e. The van der Waals surface area contributed by atoms with Crippen LogP contribution in [0, 0.1) is 0 Å². The van der Waals surface area contributed by atoms with Crippen molar-refractivity contribution in [2.24, 2.45) is 0 Å². The van der Waals surface area contributed by atoms with Gasteiger partial charge in [0.2, 0.25) is 5.91 Å². The molecule has 0 radical (unpaired) electrons. The number of H-pyrrole nitrogens is 1. The van der Waals surface area contributed by atoms with Crippen molar-refractivity contribution in [3.63, 3.8) is 0 Å². The zero-order chi connectivity index (χ0) is 15.4. The maximum Gasteiger partial charge on any atom is 0.326 e. The van der Waals surface area contributed by atoms with E-state index in [1.807, 2.05) is 0 Å². The third-order valence-corrected chi connectivity index (χ3v) is 3.31. The molecule has 2 rings (SSSR count). The van der Waals surface area contributed by atoms with E-state index in [1.165, 1.54) is 0 Å². The lowest BCUT2D eigenvalue weighted by atomic mass is 10.0. The Hall–Kier alpha value is -2.42. The molecule has 1 aliphatic heterocycles. The molecule has 9 heteroatoms. The first-order chi connectivity index (χ1) is 9.97. The highest BCUT2D eigenvalue weighted by atomic mass is 16.4. The van der Waals surface area contributed by atoms with Crippen molar-refractivity contribution >= 4 is 17.8 Å². The van der Waals surface area contributed by atoms with E-state index in [9.17, 15) is 14.4 Å². The number of aliphatic carboxylic acids is 2. The molecule has 1 aromatic rings. The lowest BCUT2D eigenvalue weighted by Crippen LogP contribution is -2.52. The van der Waals surface area contributed by atoms with Crippen LogP contribution in [0.1, 0.15) is 24.2 Å². The number of carboxylic acids is 2. The molecule has 0 bridgehead atoms. The molecule has 0 saturated heterocycles. The van der Waals surface area contributed by atoms with Crippen LogP contribution in [0.3, 0.4) is 0 Å². The molecule has 2 atom stereocenters. The highest BCUT2D eigenvalue weighted by molar-refractivity contribution is 5.87. The summed E-state index contributed by atoms with van der Waals surface area (Å²) in [6.07, 6.45) is 1.42. The third-order valence-electron chi connectivity index (χ3n) is 3.31. The Morgan fingerprint density at radius 3 is 2.86 bits per heavy atom. The second-order valence-corrected chi connectivity index (χ2v) is 4.80. The number of carbonyl (C=O) groups excluding carboxylic acids is 1. The van der Waals surface area contributed by atoms with Gasteiger partial charge in [0.1, 0.15) is 6.04 Å². The molecule has 9 nitrogen and oxygen atoms in total. The van der Waals surface area contributed by atoms with Crippen LogP contribution in [-0.4, -0.2) is 50.1 Å². The van der Waals surface area contributed by atoms with Crippen molar-refractivity contribution < 1.29 is 24.6 Å². The summed E-state index contributed by atoms with van der Waals surface area (Å²) in [5.74, 6) is -2.82. The summed E-state index contributed by atoms with van der Waals surface area (Å²) in [5.41, 5.74) is 1.67. The number of carbonyl (C=O) groups is 3. The van der Waals surface area contributed by atoms with Gasteiger partial charge in [-0.25, -0.2) is 9.78 Å². The summed E-state index contributed by atoms with van der Waals surface area (Å²) < 4.78 is 0. The minimum absolute atomic E-state index is 0.156. The molecule has 0 spiro atoms. The standard InChI is InChI=1S/C12H16N4O5/c17-10(18)2-1-6(12(20)21)16-11(19)8-3-7-9(4-13-8)15-5-14-7/h5-6,8,13H,1-4H2,(H,14,15)(H,16,19)(H,17,18)(H,20,21)/t6-,8-/m0/s1. The van der Waals surface area contributed by atoms with Crippen molar-refractivity contribution in [3.8, 4) is 0 Å². The van der Waals surface area contributed by atoms with Crippen LogP contribution in [0.4, 0.5) is 0 Å². The lowest BCUT2D eigenvalue weighted by Gasteiger charge is -2.24. The van der Waals surface area contributed by atoms with Crippen molar-refractivity contribution in [2.45, 2.75) is 37.9 Å². The van der Waals surface area contributed by atoms with E-state index in [0.717, 1.165) is 11.4 Å². The second-order valence-electron chi connectivity index (χ2n) is 4.80. The molecule has 21 heavy (non-hydrogen) atoms. The summed E-state index contributed by atoms with van der Waals surface area (Å²) in [5, 5.41) is 22.9. The minimum atomic E-state index is -1.25. The molecule has 0 aliphatic carbocycles. The van der Waals surface area contributed by atoms with Crippen LogP contribution < -0.4 is 10.6 Å². The number of imidazole rings is 1. The third kappa shape index (κ3) is 3.78. The molecule has 1 amide bonds. The molecule has 0 unspecified atom stereocenters. The molecule has 0 saturated carbocycles. The number of nitrogens with zero attached hydrogens (tertiary/aromatic N) is 1. The fourth-order valence-corrected chi connectivity index (χ4v) is 2.15. The fraction of sp³-hybridized carbons (Fsp3) is 0.500. The molecule has 114 valence electrons. The monoisotopic (exact) mass is 296 g/mol. The molecule has 0 aromatic carbocycles. The average molecular weight is 296 g/mol. The molecule has 1 aliphatic rings. The molecular weight excluding hydrogens is 280 g/mol. The average Bonchev–Trinajstić information content (AvgIpc) is 2.89. The van der Waals surface area contributed by atoms with Crippen molar-refractivity contribution in [1.82, 2.24) is 20.6 Å². The summed E-state index contributed by atoms with van der Waals surface area (Å²) in [7, 11) is 0. The number of rotatable bonds is 6. The SMILES string of the molecule is O=C(O)CC[C@H](NC(=O)[C@@H]1Cc2nc[nH]c2CN1)C(=O)O. The number of carboxylic acid groups (broad SMARTS) is 2.